The van der Waals surface area contributed by atoms with E-state index in [1.165, 1.54) is 17.7 Å². The number of hydrogen-bond acceptors (Lipinski definition) is 4. The Morgan fingerprint density at radius 1 is 1.29 bits per heavy atom. The van der Waals surface area contributed by atoms with Crippen molar-refractivity contribution in [2.45, 2.75) is 12.2 Å². The van der Waals surface area contributed by atoms with Crippen molar-refractivity contribution in [3.63, 3.8) is 0 Å². The lowest BCUT2D eigenvalue weighted by Crippen LogP contribution is -2.15. The van der Waals surface area contributed by atoms with Gasteiger partial charge in [-0.1, -0.05) is 0 Å². The van der Waals surface area contributed by atoms with Crippen LogP contribution in [0.15, 0.2) is 41.1 Å². The molecule has 3 aromatic rings. The molecule has 1 aliphatic rings. The number of rotatable bonds is 2. The highest BCUT2D eigenvalue weighted by Gasteiger charge is 2.30. The maximum atomic E-state index is 13.2. The van der Waals surface area contributed by atoms with E-state index in [1.54, 1.807) is 39.9 Å². The number of halogens is 1. The molecular formula is C17H14FN3OS2. The summed E-state index contributed by atoms with van der Waals surface area (Å²) in [6, 6.07) is 8.18. The second-order valence-corrected chi connectivity index (χ2v) is 7.41. The standard InChI is InChI=1S/C17H14FN3OS2/c1-10-15-16(11-6-7-23-8-11)24-9-14(22)19-17(15)21(20-10)13-4-2-12(18)3-5-13/h2-8,16H,9H2,1H3,(H,19,22)/t16-/m1/s1. The Bertz CT molecular complexity index is 887. The van der Waals surface area contributed by atoms with Crippen LogP contribution in [0.2, 0.25) is 0 Å². The molecular weight excluding hydrogens is 345 g/mol. The fourth-order valence-corrected chi connectivity index (χ4v) is 4.79. The number of nitrogens with one attached hydrogen (secondary N) is 1. The number of aryl methyl sites for hydroxylation is 1. The topological polar surface area (TPSA) is 46.9 Å². The maximum Gasteiger partial charge on any atom is 0.235 e. The van der Waals surface area contributed by atoms with Gasteiger partial charge < -0.3 is 5.32 Å². The van der Waals surface area contributed by atoms with Crippen LogP contribution in [0.25, 0.3) is 5.69 Å². The molecule has 0 saturated heterocycles. The highest BCUT2D eigenvalue weighted by Crippen LogP contribution is 2.44. The first kappa shape index (κ1) is 15.4. The van der Waals surface area contributed by atoms with E-state index < -0.39 is 0 Å². The highest BCUT2D eigenvalue weighted by atomic mass is 32.2. The van der Waals surface area contributed by atoms with E-state index in [0.717, 1.165) is 16.9 Å². The SMILES string of the molecule is Cc1nn(-c2ccc(F)cc2)c2c1[C@@H](c1ccsc1)SCC(=O)N2. The molecule has 3 heterocycles. The molecule has 1 aromatic carbocycles. The van der Waals surface area contributed by atoms with Crippen molar-refractivity contribution in [1.82, 2.24) is 9.78 Å². The summed E-state index contributed by atoms with van der Waals surface area (Å²) in [5.74, 6) is 0.704. The predicted molar refractivity (Wildman–Crippen MR) is 95.5 cm³/mol. The minimum absolute atomic E-state index is 0.0535. The molecule has 1 aliphatic heterocycles. The third kappa shape index (κ3) is 2.63. The van der Waals surface area contributed by atoms with E-state index in [0.29, 0.717) is 11.6 Å². The largest absolute Gasteiger partial charge is 0.310 e. The first-order chi connectivity index (χ1) is 11.6. The Hall–Kier alpha value is -2.12. The van der Waals surface area contributed by atoms with Crippen LogP contribution in [0.1, 0.15) is 22.1 Å². The molecule has 24 heavy (non-hydrogen) atoms. The van der Waals surface area contributed by atoms with Crippen LogP contribution >= 0.6 is 23.1 Å². The molecule has 0 aliphatic carbocycles. The van der Waals surface area contributed by atoms with Crippen LogP contribution in [0.4, 0.5) is 10.2 Å². The number of anilines is 1. The van der Waals surface area contributed by atoms with Crippen molar-refractivity contribution in [2.75, 3.05) is 11.1 Å². The van der Waals surface area contributed by atoms with Crippen LogP contribution in [0.5, 0.6) is 0 Å². The first-order valence-electron chi connectivity index (χ1n) is 7.42. The number of thiophene rings is 1. The van der Waals surface area contributed by atoms with Gasteiger partial charge in [-0.05, 0) is 53.6 Å². The van der Waals surface area contributed by atoms with Gasteiger partial charge in [0.05, 0.1) is 22.4 Å². The number of hydrogen-bond donors (Lipinski definition) is 1. The summed E-state index contributed by atoms with van der Waals surface area (Å²) in [4.78, 5) is 12.2. The van der Waals surface area contributed by atoms with Crippen molar-refractivity contribution in [1.29, 1.82) is 0 Å². The summed E-state index contributed by atoms with van der Waals surface area (Å²) >= 11 is 3.24. The van der Waals surface area contributed by atoms with Gasteiger partial charge >= 0.3 is 0 Å². The molecule has 0 bridgehead atoms. The Morgan fingerprint density at radius 2 is 2.08 bits per heavy atom. The number of nitrogens with zero attached hydrogens (tertiary/aromatic N) is 2. The lowest BCUT2D eigenvalue weighted by atomic mass is 10.1. The van der Waals surface area contributed by atoms with Gasteiger partial charge in [0.1, 0.15) is 11.6 Å². The number of fused-ring (bicyclic) bond motifs is 1. The van der Waals surface area contributed by atoms with Gasteiger partial charge in [-0.25, -0.2) is 9.07 Å². The van der Waals surface area contributed by atoms with Crippen LogP contribution in [-0.2, 0) is 4.79 Å². The minimum Gasteiger partial charge on any atom is -0.310 e. The zero-order chi connectivity index (χ0) is 16.7. The molecule has 1 N–H and O–H groups in total. The highest BCUT2D eigenvalue weighted by molar-refractivity contribution is 8.00. The van der Waals surface area contributed by atoms with Crippen LogP contribution in [0.3, 0.4) is 0 Å². The average molecular weight is 359 g/mol. The van der Waals surface area contributed by atoms with E-state index in [2.05, 4.69) is 21.9 Å². The second-order valence-electron chi connectivity index (χ2n) is 5.53. The average Bonchev–Trinajstić information content (AvgIpc) is 3.15. The molecule has 4 rings (SSSR count). The number of carbonyl (C=O) groups excluding carboxylic acids is 1. The van der Waals surface area contributed by atoms with E-state index in [9.17, 15) is 9.18 Å². The van der Waals surface area contributed by atoms with E-state index >= 15 is 0 Å². The fourth-order valence-electron chi connectivity index (χ4n) is 2.84. The monoisotopic (exact) mass is 359 g/mol. The fraction of sp³-hybridized carbons (Fsp3) is 0.176. The number of carbonyl (C=O) groups is 1. The zero-order valence-electron chi connectivity index (χ0n) is 12.8. The first-order valence-corrected chi connectivity index (χ1v) is 9.41. The third-order valence-corrected chi connectivity index (χ3v) is 5.90. The Labute approximate surface area is 146 Å². The summed E-state index contributed by atoms with van der Waals surface area (Å²) < 4.78 is 14.9. The van der Waals surface area contributed by atoms with Gasteiger partial charge in [0.25, 0.3) is 0 Å². The van der Waals surface area contributed by atoms with Crippen molar-refractivity contribution in [3.8, 4) is 5.69 Å². The third-order valence-electron chi connectivity index (χ3n) is 3.92. The molecule has 1 amide bonds. The van der Waals surface area contributed by atoms with E-state index in [-0.39, 0.29) is 17.0 Å². The summed E-state index contributed by atoms with van der Waals surface area (Å²) in [6.45, 7) is 1.94. The minimum atomic E-state index is -0.301. The summed E-state index contributed by atoms with van der Waals surface area (Å²) in [5.41, 5.74) is 3.76. The maximum absolute atomic E-state index is 13.2. The Morgan fingerprint density at radius 3 is 2.79 bits per heavy atom. The predicted octanol–water partition coefficient (Wildman–Crippen LogP) is 4.16. The number of aromatic nitrogens is 2. The summed E-state index contributed by atoms with van der Waals surface area (Å²) in [6.07, 6.45) is 0. The molecule has 0 spiro atoms. The number of thioether (sulfide) groups is 1. The van der Waals surface area contributed by atoms with Gasteiger partial charge in [0, 0.05) is 5.56 Å². The number of benzene rings is 1. The van der Waals surface area contributed by atoms with Crippen molar-refractivity contribution in [2.24, 2.45) is 0 Å². The molecule has 0 fully saturated rings. The van der Waals surface area contributed by atoms with Gasteiger partial charge in [-0.2, -0.15) is 16.4 Å². The quantitative estimate of drug-likeness (QED) is 0.747. The van der Waals surface area contributed by atoms with Crippen LogP contribution in [0, 0.1) is 12.7 Å². The molecule has 0 radical (unpaired) electrons. The van der Waals surface area contributed by atoms with Crippen LogP contribution < -0.4 is 5.32 Å². The van der Waals surface area contributed by atoms with Gasteiger partial charge in [-0.3, -0.25) is 4.79 Å². The molecule has 4 nitrogen and oxygen atoms in total. The summed E-state index contributed by atoms with van der Waals surface area (Å²) in [7, 11) is 0. The second kappa shape index (κ2) is 6.07. The lowest BCUT2D eigenvalue weighted by Gasteiger charge is -2.13. The lowest BCUT2D eigenvalue weighted by molar-refractivity contribution is -0.113. The Kier molecular flexibility index (Phi) is 3.90. The van der Waals surface area contributed by atoms with Crippen molar-refractivity contribution < 1.29 is 9.18 Å². The van der Waals surface area contributed by atoms with Crippen LogP contribution in [-0.4, -0.2) is 21.4 Å². The Balaban J connectivity index is 1.89. The van der Waals surface area contributed by atoms with E-state index in [4.69, 9.17) is 0 Å². The number of amides is 1. The molecule has 0 unspecified atom stereocenters. The van der Waals surface area contributed by atoms with Gasteiger partial charge in [-0.15, -0.1) is 11.8 Å². The normalized spacial score (nSPS) is 17.2. The van der Waals surface area contributed by atoms with Gasteiger partial charge in [0.15, 0.2) is 0 Å². The molecule has 2 aromatic heterocycles. The molecule has 1 atom stereocenters. The summed E-state index contributed by atoms with van der Waals surface area (Å²) in [5, 5.41) is 11.8. The molecule has 0 saturated carbocycles. The van der Waals surface area contributed by atoms with Crippen molar-refractivity contribution >= 4 is 34.8 Å². The zero-order valence-corrected chi connectivity index (χ0v) is 14.5. The smallest absolute Gasteiger partial charge is 0.235 e. The van der Waals surface area contributed by atoms with E-state index in [1.807, 2.05) is 12.3 Å². The van der Waals surface area contributed by atoms with Gasteiger partial charge in [0.2, 0.25) is 5.91 Å². The van der Waals surface area contributed by atoms with Crippen molar-refractivity contribution in [3.05, 3.63) is 63.7 Å². The molecule has 7 heteroatoms. The molecule has 122 valence electrons.